The molecule has 1 saturated heterocycles. The summed E-state index contributed by atoms with van der Waals surface area (Å²) in [6, 6.07) is 0. The summed E-state index contributed by atoms with van der Waals surface area (Å²) in [5.74, 6) is -0.254. The van der Waals surface area contributed by atoms with E-state index in [2.05, 4.69) is 22.6 Å². The van der Waals surface area contributed by atoms with Crippen LogP contribution in [-0.4, -0.2) is 6.29 Å². The molecule has 0 radical (unpaired) electrons. The first-order valence-corrected chi connectivity index (χ1v) is 3.23. The van der Waals surface area contributed by atoms with E-state index in [0.717, 1.165) is 0 Å². The third-order valence-electron chi connectivity index (χ3n) is 1.12. The van der Waals surface area contributed by atoms with E-state index in [-0.39, 0.29) is 11.5 Å². The molecule has 12 heavy (non-hydrogen) atoms. The number of alkyl halides is 2. The SMILES string of the molecule is C=C(C)/C=C1/OC(F)(F)OC1=C. The van der Waals surface area contributed by atoms with Crippen LogP contribution in [0.1, 0.15) is 6.92 Å². The Morgan fingerprint density at radius 2 is 2.08 bits per heavy atom. The van der Waals surface area contributed by atoms with Gasteiger partial charge >= 0.3 is 6.29 Å². The molecule has 0 aliphatic carbocycles. The molecule has 0 aromatic rings. The van der Waals surface area contributed by atoms with Crippen molar-refractivity contribution in [3.8, 4) is 0 Å². The van der Waals surface area contributed by atoms with Gasteiger partial charge in [-0.1, -0.05) is 18.7 Å². The molecule has 4 heteroatoms. The van der Waals surface area contributed by atoms with Crippen LogP contribution in [0.3, 0.4) is 0 Å². The Labute approximate surface area is 68.8 Å². The maximum absolute atomic E-state index is 12.3. The van der Waals surface area contributed by atoms with Gasteiger partial charge in [0.2, 0.25) is 0 Å². The van der Waals surface area contributed by atoms with Gasteiger partial charge in [-0.3, -0.25) is 0 Å². The number of hydrogen-bond donors (Lipinski definition) is 0. The second-order valence-corrected chi connectivity index (χ2v) is 2.45. The highest BCUT2D eigenvalue weighted by Crippen LogP contribution is 2.35. The minimum absolute atomic E-state index is 0.0764. The third kappa shape index (κ3) is 1.84. The number of halogens is 2. The van der Waals surface area contributed by atoms with E-state index in [4.69, 9.17) is 0 Å². The Kier molecular flexibility index (Phi) is 1.92. The second kappa shape index (κ2) is 2.62. The number of rotatable bonds is 1. The van der Waals surface area contributed by atoms with Crippen molar-refractivity contribution in [2.24, 2.45) is 0 Å². The molecule has 0 unspecified atom stereocenters. The van der Waals surface area contributed by atoms with Crippen LogP contribution in [0.25, 0.3) is 0 Å². The third-order valence-corrected chi connectivity index (χ3v) is 1.12. The molecule has 0 bridgehead atoms. The first-order valence-electron chi connectivity index (χ1n) is 3.23. The summed E-state index contributed by atoms with van der Waals surface area (Å²) in [5, 5.41) is 0. The van der Waals surface area contributed by atoms with E-state index in [9.17, 15) is 8.78 Å². The predicted octanol–water partition coefficient (Wildman–Crippen LogP) is 2.56. The summed E-state index contributed by atoms with van der Waals surface area (Å²) >= 11 is 0. The van der Waals surface area contributed by atoms with Crippen molar-refractivity contribution in [1.82, 2.24) is 0 Å². The highest BCUT2D eigenvalue weighted by atomic mass is 19.3. The minimum atomic E-state index is -3.58. The topological polar surface area (TPSA) is 18.5 Å². The van der Waals surface area contributed by atoms with Gasteiger partial charge in [0.15, 0.2) is 11.5 Å². The summed E-state index contributed by atoms with van der Waals surface area (Å²) in [4.78, 5) is 0. The summed E-state index contributed by atoms with van der Waals surface area (Å²) in [6.45, 7) is 8.40. The van der Waals surface area contributed by atoms with Gasteiger partial charge in [0, 0.05) is 0 Å². The van der Waals surface area contributed by atoms with Crippen molar-refractivity contribution in [3.05, 3.63) is 36.3 Å². The monoisotopic (exact) mass is 174 g/mol. The standard InChI is InChI=1S/C8H8F2O2/c1-5(2)4-7-6(3)11-8(9,10)12-7/h4H,1,3H2,2H3/b7-4+. The van der Waals surface area contributed by atoms with Crippen LogP contribution in [0, 0.1) is 0 Å². The van der Waals surface area contributed by atoms with Gasteiger partial charge in [-0.25, -0.2) is 0 Å². The van der Waals surface area contributed by atoms with Crippen molar-refractivity contribution >= 4 is 0 Å². The van der Waals surface area contributed by atoms with Gasteiger partial charge in [-0.15, -0.1) is 8.78 Å². The van der Waals surface area contributed by atoms with Gasteiger partial charge in [0.05, 0.1) is 0 Å². The van der Waals surface area contributed by atoms with Crippen LogP contribution in [0.15, 0.2) is 36.3 Å². The largest absolute Gasteiger partial charge is 0.586 e. The van der Waals surface area contributed by atoms with Crippen molar-refractivity contribution in [2.45, 2.75) is 13.2 Å². The number of ether oxygens (including phenoxy) is 2. The molecule has 0 amide bonds. The minimum Gasteiger partial charge on any atom is -0.396 e. The first kappa shape index (κ1) is 8.77. The van der Waals surface area contributed by atoms with Crippen LogP contribution < -0.4 is 0 Å². The summed E-state index contributed by atoms with van der Waals surface area (Å²) < 4.78 is 32.8. The van der Waals surface area contributed by atoms with Crippen LogP contribution in [0.2, 0.25) is 0 Å². The van der Waals surface area contributed by atoms with Crippen molar-refractivity contribution < 1.29 is 18.3 Å². The smallest absolute Gasteiger partial charge is 0.396 e. The van der Waals surface area contributed by atoms with E-state index in [0.29, 0.717) is 5.57 Å². The molecule has 0 saturated carbocycles. The zero-order chi connectivity index (χ0) is 9.35. The fourth-order valence-electron chi connectivity index (χ4n) is 0.733. The van der Waals surface area contributed by atoms with Crippen LogP contribution >= 0.6 is 0 Å². The van der Waals surface area contributed by atoms with E-state index >= 15 is 0 Å². The fraction of sp³-hybridized carbons (Fsp3) is 0.250. The fourth-order valence-corrected chi connectivity index (χ4v) is 0.733. The Bertz CT molecular complexity index is 266. The second-order valence-electron chi connectivity index (χ2n) is 2.45. The lowest BCUT2D eigenvalue weighted by molar-refractivity contribution is -0.326. The van der Waals surface area contributed by atoms with Gasteiger partial charge in [-0.2, -0.15) is 0 Å². The van der Waals surface area contributed by atoms with Crippen molar-refractivity contribution in [3.63, 3.8) is 0 Å². The predicted molar refractivity (Wildman–Crippen MR) is 39.2 cm³/mol. The molecule has 0 spiro atoms. The maximum Gasteiger partial charge on any atom is 0.586 e. The lowest BCUT2D eigenvalue weighted by Crippen LogP contribution is -2.14. The Hall–Kier alpha value is -1.32. The van der Waals surface area contributed by atoms with Crippen molar-refractivity contribution in [2.75, 3.05) is 0 Å². The van der Waals surface area contributed by atoms with E-state index in [1.807, 2.05) is 0 Å². The average Bonchev–Trinajstić information content (AvgIpc) is 2.03. The quantitative estimate of drug-likeness (QED) is 0.608. The van der Waals surface area contributed by atoms with Gasteiger partial charge in [-0.05, 0) is 13.0 Å². The van der Waals surface area contributed by atoms with Gasteiger partial charge in [0.1, 0.15) is 0 Å². The summed E-state index contributed by atoms with van der Waals surface area (Å²) in [7, 11) is 0. The molecular formula is C8H8F2O2. The van der Waals surface area contributed by atoms with E-state index < -0.39 is 6.29 Å². The summed E-state index contributed by atoms with van der Waals surface area (Å²) in [5.41, 5.74) is 0.590. The lowest BCUT2D eigenvalue weighted by Gasteiger charge is -2.03. The first-order chi connectivity index (χ1) is 5.41. The van der Waals surface area contributed by atoms with E-state index in [1.165, 1.54) is 6.08 Å². The lowest BCUT2D eigenvalue weighted by atomic mass is 10.3. The molecule has 1 rings (SSSR count). The molecule has 1 aliphatic heterocycles. The molecule has 0 N–H and O–H groups in total. The van der Waals surface area contributed by atoms with Crippen molar-refractivity contribution in [1.29, 1.82) is 0 Å². The Morgan fingerprint density at radius 1 is 1.50 bits per heavy atom. The normalized spacial score (nSPS) is 23.6. The van der Waals surface area contributed by atoms with Crippen LogP contribution in [0.4, 0.5) is 8.78 Å². The molecular weight excluding hydrogens is 166 g/mol. The molecule has 1 aliphatic rings. The average molecular weight is 174 g/mol. The number of hydrogen-bond acceptors (Lipinski definition) is 2. The van der Waals surface area contributed by atoms with Gasteiger partial charge < -0.3 is 9.47 Å². The zero-order valence-electron chi connectivity index (χ0n) is 6.56. The highest BCUT2D eigenvalue weighted by Gasteiger charge is 2.44. The number of allylic oxidation sites excluding steroid dienone is 2. The summed E-state index contributed by atoms with van der Waals surface area (Å²) in [6.07, 6.45) is -2.25. The molecule has 2 nitrogen and oxygen atoms in total. The Balaban J connectivity index is 2.84. The van der Waals surface area contributed by atoms with E-state index in [1.54, 1.807) is 6.92 Å². The van der Waals surface area contributed by atoms with Gasteiger partial charge in [0.25, 0.3) is 0 Å². The van der Waals surface area contributed by atoms with Crippen LogP contribution in [-0.2, 0) is 9.47 Å². The molecule has 0 aromatic carbocycles. The maximum atomic E-state index is 12.3. The van der Waals surface area contributed by atoms with Crippen LogP contribution in [0.5, 0.6) is 0 Å². The zero-order valence-corrected chi connectivity index (χ0v) is 6.56. The molecule has 0 aromatic heterocycles. The molecule has 66 valence electrons. The molecule has 1 heterocycles. The molecule has 1 fully saturated rings. The molecule has 0 atom stereocenters. The highest BCUT2D eigenvalue weighted by molar-refractivity contribution is 5.27. The Morgan fingerprint density at radius 3 is 2.42 bits per heavy atom.